The van der Waals surface area contributed by atoms with E-state index in [-0.39, 0.29) is 18.9 Å². The van der Waals surface area contributed by atoms with Crippen LogP contribution in [-0.4, -0.2) is 34.1 Å². The van der Waals surface area contributed by atoms with E-state index in [9.17, 15) is 14.7 Å². The first-order chi connectivity index (χ1) is 12.5. The van der Waals surface area contributed by atoms with Crippen molar-refractivity contribution in [2.75, 3.05) is 0 Å². The van der Waals surface area contributed by atoms with Gasteiger partial charge in [-0.15, -0.1) is 0 Å². The Morgan fingerprint density at radius 3 is 2.50 bits per heavy atom. The van der Waals surface area contributed by atoms with Gasteiger partial charge in [0.15, 0.2) is 6.04 Å². The molecular formula is C20H30N2O4. The quantitative estimate of drug-likeness (QED) is 0.400. The summed E-state index contributed by atoms with van der Waals surface area (Å²) in [7, 11) is 0. The highest BCUT2D eigenvalue weighted by atomic mass is 16.5. The van der Waals surface area contributed by atoms with E-state index in [1.165, 1.54) is 19.3 Å². The lowest BCUT2D eigenvalue weighted by Crippen LogP contribution is -2.55. The highest BCUT2D eigenvalue weighted by Crippen LogP contribution is 2.27. The molecule has 1 aliphatic carbocycles. The van der Waals surface area contributed by atoms with Crippen LogP contribution in [0.15, 0.2) is 30.3 Å². The standard InChI is InChI=1S/C20H30N2O4/c1-15(26-14-17-10-6-3-7-11-17)19(20(24)25)22(21)18(23)13-12-16-8-4-2-5-9-16/h3,6-7,10-11,15-16,19H,2,4-5,8-9,12-14,21H2,1H3,(H,24,25)/t15-,19-/m1/s1. The van der Waals surface area contributed by atoms with Crippen molar-refractivity contribution in [2.24, 2.45) is 11.8 Å². The highest BCUT2D eigenvalue weighted by molar-refractivity contribution is 5.83. The summed E-state index contributed by atoms with van der Waals surface area (Å²) >= 11 is 0. The van der Waals surface area contributed by atoms with Gasteiger partial charge in [-0.1, -0.05) is 62.4 Å². The van der Waals surface area contributed by atoms with Crippen molar-refractivity contribution in [3.8, 4) is 0 Å². The summed E-state index contributed by atoms with van der Waals surface area (Å²) in [5, 5.41) is 10.4. The summed E-state index contributed by atoms with van der Waals surface area (Å²) in [5.74, 6) is 4.93. The molecule has 0 aromatic heterocycles. The number of benzene rings is 1. The maximum absolute atomic E-state index is 12.4. The minimum Gasteiger partial charge on any atom is -0.480 e. The third-order valence-corrected chi connectivity index (χ3v) is 5.13. The summed E-state index contributed by atoms with van der Waals surface area (Å²) in [4.78, 5) is 24.0. The van der Waals surface area contributed by atoms with E-state index in [1.54, 1.807) is 6.92 Å². The molecule has 1 saturated carbocycles. The van der Waals surface area contributed by atoms with E-state index in [1.807, 2.05) is 30.3 Å². The molecule has 1 aromatic rings. The zero-order chi connectivity index (χ0) is 18.9. The lowest BCUT2D eigenvalue weighted by atomic mass is 9.86. The third-order valence-electron chi connectivity index (χ3n) is 5.13. The Morgan fingerprint density at radius 2 is 1.88 bits per heavy atom. The number of amides is 1. The Balaban J connectivity index is 1.87. The molecule has 0 aliphatic heterocycles. The van der Waals surface area contributed by atoms with Crippen LogP contribution in [0.5, 0.6) is 0 Å². The van der Waals surface area contributed by atoms with Gasteiger partial charge in [-0.05, 0) is 24.8 Å². The fourth-order valence-corrected chi connectivity index (χ4v) is 3.53. The molecule has 6 heteroatoms. The number of carbonyl (C=O) groups is 2. The first-order valence-corrected chi connectivity index (χ1v) is 9.44. The summed E-state index contributed by atoms with van der Waals surface area (Å²) in [6.45, 7) is 1.91. The van der Waals surface area contributed by atoms with Crippen LogP contribution in [-0.2, 0) is 20.9 Å². The van der Waals surface area contributed by atoms with E-state index in [0.29, 0.717) is 5.92 Å². The van der Waals surface area contributed by atoms with Gasteiger partial charge in [0, 0.05) is 6.42 Å². The van der Waals surface area contributed by atoms with Crippen molar-refractivity contribution in [1.82, 2.24) is 5.01 Å². The third kappa shape index (κ3) is 6.11. The van der Waals surface area contributed by atoms with Crippen LogP contribution in [0.4, 0.5) is 0 Å². The van der Waals surface area contributed by atoms with E-state index in [2.05, 4.69) is 0 Å². The molecule has 2 atom stereocenters. The molecule has 0 bridgehead atoms. The maximum atomic E-state index is 12.4. The van der Waals surface area contributed by atoms with Crippen molar-refractivity contribution < 1.29 is 19.4 Å². The van der Waals surface area contributed by atoms with Crippen LogP contribution < -0.4 is 5.84 Å². The monoisotopic (exact) mass is 362 g/mol. The topological polar surface area (TPSA) is 92.9 Å². The number of carbonyl (C=O) groups excluding carboxylic acids is 1. The first kappa shape index (κ1) is 20.4. The molecule has 144 valence electrons. The van der Waals surface area contributed by atoms with Crippen molar-refractivity contribution in [3.63, 3.8) is 0 Å². The molecule has 0 radical (unpaired) electrons. The van der Waals surface area contributed by atoms with E-state index in [4.69, 9.17) is 10.6 Å². The Bertz CT molecular complexity index is 572. The lowest BCUT2D eigenvalue weighted by Gasteiger charge is -2.29. The number of ether oxygens (including phenoxy) is 1. The number of nitrogens with two attached hydrogens (primary N) is 1. The van der Waals surface area contributed by atoms with Crippen LogP contribution in [0, 0.1) is 5.92 Å². The maximum Gasteiger partial charge on any atom is 0.330 e. The van der Waals surface area contributed by atoms with Crippen LogP contribution in [0.1, 0.15) is 57.4 Å². The van der Waals surface area contributed by atoms with Gasteiger partial charge >= 0.3 is 5.97 Å². The van der Waals surface area contributed by atoms with Crippen molar-refractivity contribution in [2.45, 2.75) is 70.6 Å². The summed E-state index contributed by atoms with van der Waals surface area (Å²) in [6.07, 6.45) is 6.35. The highest BCUT2D eigenvalue weighted by Gasteiger charge is 2.33. The zero-order valence-corrected chi connectivity index (χ0v) is 15.5. The molecule has 0 heterocycles. The zero-order valence-electron chi connectivity index (χ0n) is 15.5. The molecule has 6 nitrogen and oxygen atoms in total. The predicted molar refractivity (Wildman–Crippen MR) is 99.0 cm³/mol. The Morgan fingerprint density at radius 1 is 1.23 bits per heavy atom. The average molecular weight is 362 g/mol. The molecule has 0 unspecified atom stereocenters. The summed E-state index contributed by atoms with van der Waals surface area (Å²) < 4.78 is 5.66. The molecule has 1 aromatic carbocycles. The molecule has 0 spiro atoms. The van der Waals surface area contributed by atoms with Crippen LogP contribution in [0.3, 0.4) is 0 Å². The first-order valence-electron chi connectivity index (χ1n) is 9.44. The largest absolute Gasteiger partial charge is 0.480 e. The second kappa shape index (κ2) is 10.3. The van der Waals surface area contributed by atoms with Gasteiger partial charge in [-0.25, -0.2) is 10.6 Å². The number of rotatable bonds is 9. The minimum absolute atomic E-state index is 0.274. The molecule has 1 fully saturated rings. The van der Waals surface area contributed by atoms with E-state index >= 15 is 0 Å². The molecule has 0 saturated heterocycles. The van der Waals surface area contributed by atoms with Crippen LogP contribution >= 0.6 is 0 Å². The van der Waals surface area contributed by atoms with Crippen molar-refractivity contribution >= 4 is 11.9 Å². The summed E-state index contributed by atoms with van der Waals surface area (Å²) in [5.41, 5.74) is 0.940. The molecule has 1 aliphatic rings. The number of carboxylic acid groups (broad SMARTS) is 1. The van der Waals surface area contributed by atoms with Gasteiger partial charge in [-0.3, -0.25) is 9.80 Å². The molecule has 3 N–H and O–H groups in total. The molecule has 2 rings (SSSR count). The number of carboxylic acids is 1. The Labute approximate surface area is 155 Å². The lowest BCUT2D eigenvalue weighted by molar-refractivity contribution is -0.157. The van der Waals surface area contributed by atoms with Crippen molar-refractivity contribution in [1.29, 1.82) is 0 Å². The van der Waals surface area contributed by atoms with Gasteiger partial charge in [0.05, 0.1) is 12.7 Å². The van der Waals surface area contributed by atoms with Crippen LogP contribution in [0.2, 0.25) is 0 Å². The van der Waals surface area contributed by atoms with Gasteiger partial charge in [-0.2, -0.15) is 0 Å². The minimum atomic E-state index is -1.20. The Hall–Kier alpha value is -1.92. The fourth-order valence-electron chi connectivity index (χ4n) is 3.53. The average Bonchev–Trinajstić information content (AvgIpc) is 2.66. The number of aliphatic carboxylic acids is 1. The number of nitrogens with zero attached hydrogens (tertiary/aromatic N) is 1. The van der Waals surface area contributed by atoms with Gasteiger partial charge in [0.2, 0.25) is 5.91 Å². The number of hydrogen-bond donors (Lipinski definition) is 2. The Kier molecular flexibility index (Phi) is 8.06. The second-order valence-corrected chi connectivity index (χ2v) is 7.13. The van der Waals surface area contributed by atoms with Crippen LogP contribution in [0.25, 0.3) is 0 Å². The van der Waals surface area contributed by atoms with Gasteiger partial charge in [0.1, 0.15) is 0 Å². The second-order valence-electron chi connectivity index (χ2n) is 7.13. The molecule has 26 heavy (non-hydrogen) atoms. The van der Waals surface area contributed by atoms with Crippen molar-refractivity contribution in [3.05, 3.63) is 35.9 Å². The van der Waals surface area contributed by atoms with Gasteiger partial charge < -0.3 is 9.84 Å². The van der Waals surface area contributed by atoms with E-state index < -0.39 is 18.1 Å². The normalized spacial score (nSPS) is 17.5. The number of hydrazine groups is 1. The van der Waals surface area contributed by atoms with E-state index in [0.717, 1.165) is 29.8 Å². The molecular weight excluding hydrogens is 332 g/mol. The number of hydrogen-bond acceptors (Lipinski definition) is 4. The summed E-state index contributed by atoms with van der Waals surface area (Å²) in [6, 6.07) is 8.29. The SMILES string of the molecule is C[C@@H](OCc1ccccc1)[C@H](C(=O)O)N(N)C(=O)CCC1CCCCC1. The molecule has 1 amide bonds. The predicted octanol–water partition coefficient (Wildman–Crippen LogP) is 3.11. The fraction of sp³-hybridized carbons (Fsp3) is 0.600. The van der Waals surface area contributed by atoms with Gasteiger partial charge in [0.25, 0.3) is 0 Å². The smallest absolute Gasteiger partial charge is 0.330 e.